The molecule has 1 fully saturated rings. The van der Waals surface area contributed by atoms with Gasteiger partial charge in [0.25, 0.3) is 0 Å². The van der Waals surface area contributed by atoms with E-state index in [0.717, 1.165) is 66.1 Å². The molecule has 0 aliphatic carbocycles. The summed E-state index contributed by atoms with van der Waals surface area (Å²) in [5, 5.41) is 7.91. The number of carbonyl (C=O) groups is 1. The number of rotatable bonds is 3. The number of hydrogen-bond acceptors (Lipinski definition) is 5. The van der Waals surface area contributed by atoms with Crippen molar-refractivity contribution in [2.75, 3.05) is 25.5 Å². The lowest BCUT2D eigenvalue weighted by Gasteiger charge is -2.44. The topological polar surface area (TPSA) is 66.5 Å². The highest BCUT2D eigenvalue weighted by Crippen LogP contribution is 2.33. The Balaban J connectivity index is 1.31. The summed E-state index contributed by atoms with van der Waals surface area (Å²) in [6.45, 7) is 3.23. The molecule has 6 heteroatoms. The van der Waals surface area contributed by atoms with Crippen LogP contribution in [0.1, 0.15) is 30.5 Å². The number of ether oxygens (including phenoxy) is 1. The van der Waals surface area contributed by atoms with Crippen LogP contribution in [0.3, 0.4) is 0 Å². The molecule has 0 saturated carbocycles. The van der Waals surface area contributed by atoms with Gasteiger partial charge in [-0.05, 0) is 36.6 Å². The van der Waals surface area contributed by atoms with Gasteiger partial charge in [0.2, 0.25) is 5.91 Å². The molecule has 1 amide bonds. The lowest BCUT2D eigenvalue weighted by molar-refractivity contribution is -0.122. The molecule has 2 aromatic carbocycles. The van der Waals surface area contributed by atoms with Crippen LogP contribution in [0, 0.1) is 0 Å². The van der Waals surface area contributed by atoms with Gasteiger partial charge >= 0.3 is 0 Å². The number of fused-ring (bicyclic) bond motifs is 2. The third-order valence-corrected chi connectivity index (χ3v) is 6.55. The Bertz CT molecular complexity index is 1110. The largest absolute Gasteiger partial charge is 0.494 e. The SMILES string of the molecule is COc1cccc2ccc(CN3CCC4(CC3)CC(=O)NCc3ccccc3N4)nc12. The van der Waals surface area contributed by atoms with Crippen molar-refractivity contribution in [1.82, 2.24) is 15.2 Å². The number of para-hydroxylation sites is 2. The summed E-state index contributed by atoms with van der Waals surface area (Å²) in [6.07, 6.45) is 2.36. The Morgan fingerprint density at radius 3 is 2.74 bits per heavy atom. The quantitative estimate of drug-likeness (QED) is 0.681. The molecule has 1 spiro atoms. The van der Waals surface area contributed by atoms with Crippen LogP contribution < -0.4 is 15.4 Å². The standard InChI is InChI=1S/C25H28N4O2/c1-31-22-8-4-6-18-9-10-20(27-24(18)22)17-29-13-11-25(12-14-29)15-23(30)26-16-19-5-2-3-7-21(19)28-25/h2-10,28H,11-17H2,1H3,(H,26,30). The van der Waals surface area contributed by atoms with Crippen molar-refractivity contribution in [2.45, 2.75) is 37.9 Å². The summed E-state index contributed by atoms with van der Waals surface area (Å²) in [5.74, 6) is 0.930. The van der Waals surface area contributed by atoms with E-state index in [9.17, 15) is 4.79 Å². The number of methoxy groups -OCH3 is 1. The Kier molecular flexibility index (Phi) is 5.24. The van der Waals surface area contributed by atoms with E-state index in [1.54, 1.807) is 7.11 Å². The van der Waals surface area contributed by atoms with Gasteiger partial charge in [-0.1, -0.05) is 36.4 Å². The first-order valence-corrected chi connectivity index (χ1v) is 10.9. The maximum absolute atomic E-state index is 12.5. The van der Waals surface area contributed by atoms with Crippen LogP contribution in [0.4, 0.5) is 5.69 Å². The van der Waals surface area contributed by atoms with Gasteiger partial charge in [-0.2, -0.15) is 0 Å². The predicted octanol–water partition coefficient (Wildman–Crippen LogP) is 3.71. The zero-order chi connectivity index (χ0) is 21.3. The predicted molar refractivity (Wildman–Crippen MR) is 122 cm³/mol. The van der Waals surface area contributed by atoms with Crippen LogP contribution in [0.5, 0.6) is 5.75 Å². The summed E-state index contributed by atoms with van der Waals surface area (Å²) in [4.78, 5) is 19.8. The van der Waals surface area contributed by atoms with Crippen molar-refractivity contribution in [3.63, 3.8) is 0 Å². The Labute approximate surface area is 182 Å². The first-order chi connectivity index (χ1) is 15.1. The number of aromatic nitrogens is 1. The fourth-order valence-electron chi connectivity index (χ4n) is 4.77. The van der Waals surface area contributed by atoms with Gasteiger partial charge in [0.05, 0.1) is 12.8 Å². The normalized spacial score (nSPS) is 18.5. The molecular weight excluding hydrogens is 388 g/mol. The number of benzene rings is 2. The van der Waals surface area contributed by atoms with E-state index in [1.807, 2.05) is 18.2 Å². The van der Waals surface area contributed by atoms with E-state index in [4.69, 9.17) is 9.72 Å². The van der Waals surface area contributed by atoms with Crippen molar-refractivity contribution >= 4 is 22.5 Å². The van der Waals surface area contributed by atoms with E-state index in [1.165, 1.54) is 0 Å². The summed E-state index contributed by atoms with van der Waals surface area (Å²) in [5.41, 5.74) is 4.04. The van der Waals surface area contributed by atoms with Crippen LogP contribution >= 0.6 is 0 Å². The van der Waals surface area contributed by atoms with Crippen LogP contribution in [-0.4, -0.2) is 41.5 Å². The minimum Gasteiger partial charge on any atom is -0.494 e. The van der Waals surface area contributed by atoms with Crippen molar-refractivity contribution in [1.29, 1.82) is 0 Å². The molecule has 0 unspecified atom stereocenters. The number of carbonyl (C=O) groups excluding carboxylic acids is 1. The third-order valence-electron chi connectivity index (χ3n) is 6.55. The average molecular weight is 417 g/mol. The van der Waals surface area contributed by atoms with Gasteiger partial charge in [-0.3, -0.25) is 9.69 Å². The first kappa shape index (κ1) is 19.8. The molecule has 31 heavy (non-hydrogen) atoms. The number of piperidine rings is 1. The molecule has 5 rings (SSSR count). The third kappa shape index (κ3) is 4.08. The number of hydrogen-bond donors (Lipinski definition) is 2. The van der Waals surface area contributed by atoms with Crippen molar-refractivity contribution in [2.24, 2.45) is 0 Å². The van der Waals surface area contributed by atoms with Crippen LogP contribution in [0.25, 0.3) is 10.9 Å². The van der Waals surface area contributed by atoms with Gasteiger partial charge in [-0.25, -0.2) is 4.98 Å². The molecule has 2 N–H and O–H groups in total. The van der Waals surface area contributed by atoms with Gasteiger partial charge < -0.3 is 15.4 Å². The second-order valence-electron chi connectivity index (χ2n) is 8.63. The minimum absolute atomic E-state index is 0.124. The number of amides is 1. The average Bonchev–Trinajstić information content (AvgIpc) is 2.78. The molecule has 0 atom stereocenters. The zero-order valence-electron chi connectivity index (χ0n) is 17.9. The van der Waals surface area contributed by atoms with E-state index in [0.29, 0.717) is 13.0 Å². The second kappa shape index (κ2) is 8.19. The summed E-state index contributed by atoms with van der Waals surface area (Å²) in [6, 6.07) is 18.5. The molecule has 1 aromatic heterocycles. The molecule has 1 saturated heterocycles. The van der Waals surface area contributed by atoms with Gasteiger partial charge in [0.15, 0.2) is 0 Å². The fraction of sp³-hybridized carbons (Fsp3) is 0.360. The summed E-state index contributed by atoms with van der Waals surface area (Å²) >= 11 is 0. The zero-order valence-corrected chi connectivity index (χ0v) is 17.9. The molecule has 3 aromatic rings. The molecular formula is C25H28N4O2. The number of nitrogens with one attached hydrogen (secondary N) is 2. The number of pyridine rings is 1. The molecule has 160 valence electrons. The van der Waals surface area contributed by atoms with Crippen LogP contribution in [0.2, 0.25) is 0 Å². The second-order valence-corrected chi connectivity index (χ2v) is 8.63. The molecule has 0 bridgehead atoms. The smallest absolute Gasteiger partial charge is 0.222 e. The molecule has 3 heterocycles. The van der Waals surface area contributed by atoms with E-state index in [-0.39, 0.29) is 11.4 Å². The highest BCUT2D eigenvalue weighted by atomic mass is 16.5. The van der Waals surface area contributed by atoms with Gasteiger partial charge in [-0.15, -0.1) is 0 Å². The maximum atomic E-state index is 12.5. The highest BCUT2D eigenvalue weighted by molar-refractivity contribution is 5.84. The Morgan fingerprint density at radius 2 is 1.90 bits per heavy atom. The first-order valence-electron chi connectivity index (χ1n) is 10.9. The summed E-state index contributed by atoms with van der Waals surface area (Å²) < 4.78 is 5.49. The Hall–Kier alpha value is -3.12. The van der Waals surface area contributed by atoms with Crippen molar-refractivity contribution < 1.29 is 9.53 Å². The van der Waals surface area contributed by atoms with E-state index >= 15 is 0 Å². The van der Waals surface area contributed by atoms with E-state index in [2.05, 4.69) is 51.9 Å². The minimum atomic E-state index is -0.197. The maximum Gasteiger partial charge on any atom is 0.222 e. The monoisotopic (exact) mass is 416 g/mol. The fourth-order valence-corrected chi connectivity index (χ4v) is 4.77. The van der Waals surface area contributed by atoms with Crippen LogP contribution in [-0.2, 0) is 17.9 Å². The van der Waals surface area contributed by atoms with Gasteiger partial charge in [0.1, 0.15) is 11.3 Å². The Morgan fingerprint density at radius 1 is 1.06 bits per heavy atom. The number of nitrogens with zero attached hydrogens (tertiary/aromatic N) is 2. The molecule has 0 radical (unpaired) electrons. The molecule has 6 nitrogen and oxygen atoms in total. The number of anilines is 1. The lowest BCUT2D eigenvalue weighted by Crippen LogP contribution is -2.52. The highest BCUT2D eigenvalue weighted by Gasteiger charge is 2.38. The van der Waals surface area contributed by atoms with Gasteiger partial charge in [0, 0.05) is 49.2 Å². The molecule has 2 aliphatic heterocycles. The van der Waals surface area contributed by atoms with Crippen LogP contribution in [0.15, 0.2) is 54.6 Å². The van der Waals surface area contributed by atoms with E-state index < -0.39 is 0 Å². The number of likely N-dealkylation sites (tertiary alicyclic amines) is 1. The lowest BCUT2D eigenvalue weighted by atomic mass is 9.82. The van der Waals surface area contributed by atoms with Crippen molar-refractivity contribution in [3.8, 4) is 5.75 Å². The molecule has 2 aliphatic rings. The van der Waals surface area contributed by atoms with Crippen molar-refractivity contribution in [3.05, 3.63) is 65.9 Å². The summed E-state index contributed by atoms with van der Waals surface area (Å²) in [7, 11) is 1.68.